The van der Waals surface area contributed by atoms with Crippen LogP contribution in [0.4, 0.5) is 5.13 Å². The molecule has 7 heteroatoms. The molecule has 2 aromatic rings. The fourth-order valence-corrected chi connectivity index (χ4v) is 3.97. The second kappa shape index (κ2) is 6.92. The molecule has 1 aliphatic carbocycles. The first kappa shape index (κ1) is 16.2. The molecular weight excluding hydrogens is 336 g/mol. The third kappa shape index (κ3) is 3.71. The summed E-state index contributed by atoms with van der Waals surface area (Å²) in [6.07, 6.45) is 7.26. The molecule has 0 spiro atoms. The summed E-state index contributed by atoms with van der Waals surface area (Å²) in [4.78, 5) is 35.4. The maximum Gasteiger partial charge on any atom is 0.253 e. The number of carbonyl (C=O) groups excluding carboxylic acids is 2. The fourth-order valence-electron chi connectivity index (χ4n) is 3.17. The van der Waals surface area contributed by atoms with Gasteiger partial charge in [-0.25, -0.2) is 4.98 Å². The molecule has 2 fully saturated rings. The van der Waals surface area contributed by atoms with Crippen molar-refractivity contribution in [1.29, 1.82) is 0 Å². The number of piperidine rings is 1. The van der Waals surface area contributed by atoms with Crippen LogP contribution >= 0.6 is 11.3 Å². The first-order valence-electron chi connectivity index (χ1n) is 8.66. The third-order valence-corrected chi connectivity index (χ3v) is 5.53. The van der Waals surface area contributed by atoms with E-state index in [4.69, 9.17) is 0 Å². The quantitative estimate of drug-likeness (QED) is 0.914. The Bertz CT molecular complexity index is 772. The number of thiazole rings is 1. The first-order valence-corrected chi connectivity index (χ1v) is 9.54. The Hall–Kier alpha value is -2.28. The lowest BCUT2D eigenvalue weighted by Crippen LogP contribution is -2.43. The number of anilines is 1. The van der Waals surface area contributed by atoms with Crippen LogP contribution in [0.3, 0.4) is 0 Å². The van der Waals surface area contributed by atoms with Crippen LogP contribution in [-0.2, 0) is 4.79 Å². The van der Waals surface area contributed by atoms with Crippen LogP contribution in [0.5, 0.6) is 0 Å². The molecule has 6 nitrogen and oxygen atoms in total. The Morgan fingerprint density at radius 2 is 2.00 bits per heavy atom. The maximum absolute atomic E-state index is 12.6. The van der Waals surface area contributed by atoms with E-state index in [1.54, 1.807) is 29.4 Å². The predicted octanol–water partition coefficient (Wildman–Crippen LogP) is 2.91. The van der Waals surface area contributed by atoms with Gasteiger partial charge in [-0.2, -0.15) is 0 Å². The number of pyridine rings is 1. The van der Waals surface area contributed by atoms with Crippen LogP contribution in [0.1, 0.15) is 47.7 Å². The van der Waals surface area contributed by atoms with Crippen LogP contribution in [0.25, 0.3) is 0 Å². The number of carbonyl (C=O) groups is 2. The van der Waals surface area contributed by atoms with Gasteiger partial charge in [0.1, 0.15) is 0 Å². The number of aromatic nitrogens is 2. The maximum atomic E-state index is 12.6. The summed E-state index contributed by atoms with van der Waals surface area (Å²) in [7, 11) is 0. The van der Waals surface area contributed by atoms with Crippen molar-refractivity contribution in [2.45, 2.75) is 31.6 Å². The minimum Gasteiger partial charge on any atom is -0.338 e. The number of hydrogen-bond donors (Lipinski definition) is 1. The Balaban J connectivity index is 1.38. The molecule has 1 aliphatic heterocycles. The summed E-state index contributed by atoms with van der Waals surface area (Å²) < 4.78 is 0. The molecule has 2 amide bonds. The lowest BCUT2D eigenvalue weighted by Gasteiger charge is -2.31. The molecule has 2 aromatic heterocycles. The highest BCUT2D eigenvalue weighted by atomic mass is 32.1. The largest absolute Gasteiger partial charge is 0.338 e. The van der Waals surface area contributed by atoms with Gasteiger partial charge in [0.05, 0.1) is 11.6 Å². The predicted molar refractivity (Wildman–Crippen MR) is 95.6 cm³/mol. The van der Waals surface area contributed by atoms with Crippen molar-refractivity contribution in [3.8, 4) is 0 Å². The minimum absolute atomic E-state index is 0.0369. The SMILES string of the molecule is O=C(Nc1nc(C2CC2)cs1)C1CCCN(C(=O)c2ccncc2)C1. The van der Waals surface area contributed by atoms with Crippen LogP contribution in [-0.4, -0.2) is 39.8 Å². The second-order valence-corrected chi connectivity index (χ2v) is 7.53. The van der Waals surface area contributed by atoms with E-state index >= 15 is 0 Å². The highest BCUT2D eigenvalue weighted by Crippen LogP contribution is 2.40. The Morgan fingerprint density at radius 1 is 1.20 bits per heavy atom. The van der Waals surface area contributed by atoms with Gasteiger partial charge in [0.25, 0.3) is 5.91 Å². The number of hydrogen-bond acceptors (Lipinski definition) is 5. The standard InChI is InChI=1S/C18H20N4O2S/c23-16(21-18-20-15(11-25-18)12-3-4-12)14-2-1-9-22(10-14)17(24)13-5-7-19-8-6-13/h5-8,11-12,14H,1-4,9-10H2,(H,20,21,23). The second-order valence-electron chi connectivity index (χ2n) is 6.67. The van der Waals surface area contributed by atoms with E-state index in [1.807, 2.05) is 5.38 Å². The molecule has 4 rings (SSSR count). The molecule has 25 heavy (non-hydrogen) atoms. The summed E-state index contributed by atoms with van der Waals surface area (Å²) in [5, 5.41) is 5.64. The van der Waals surface area contributed by atoms with E-state index in [0.717, 1.165) is 18.5 Å². The van der Waals surface area contributed by atoms with E-state index in [1.165, 1.54) is 24.2 Å². The summed E-state index contributed by atoms with van der Waals surface area (Å²) in [6, 6.07) is 3.42. The Morgan fingerprint density at radius 3 is 2.76 bits per heavy atom. The van der Waals surface area contributed by atoms with Gasteiger partial charge in [-0.3, -0.25) is 14.6 Å². The molecule has 2 aliphatic rings. The Labute approximate surface area is 150 Å². The van der Waals surface area contributed by atoms with Crippen molar-refractivity contribution in [2.24, 2.45) is 5.92 Å². The van der Waals surface area contributed by atoms with Gasteiger partial charge in [-0.15, -0.1) is 11.3 Å². The van der Waals surface area contributed by atoms with Crippen LogP contribution in [0, 0.1) is 5.92 Å². The molecule has 1 saturated heterocycles. The molecule has 130 valence electrons. The van der Waals surface area contributed by atoms with Crippen LogP contribution in [0.2, 0.25) is 0 Å². The first-order chi connectivity index (χ1) is 12.2. The molecule has 0 bridgehead atoms. The summed E-state index contributed by atoms with van der Waals surface area (Å²) in [5.41, 5.74) is 1.71. The van der Waals surface area contributed by atoms with E-state index in [-0.39, 0.29) is 17.7 Å². The van der Waals surface area contributed by atoms with Gasteiger partial charge in [0.15, 0.2) is 5.13 Å². The number of nitrogens with one attached hydrogen (secondary N) is 1. The molecular formula is C18H20N4O2S. The zero-order chi connectivity index (χ0) is 17.2. The van der Waals surface area contributed by atoms with Gasteiger partial charge >= 0.3 is 0 Å². The molecule has 0 radical (unpaired) electrons. The zero-order valence-corrected chi connectivity index (χ0v) is 14.7. The van der Waals surface area contributed by atoms with E-state index < -0.39 is 0 Å². The van der Waals surface area contributed by atoms with Crippen molar-refractivity contribution < 1.29 is 9.59 Å². The molecule has 1 unspecified atom stereocenters. The number of nitrogens with zero attached hydrogens (tertiary/aromatic N) is 3. The van der Waals surface area contributed by atoms with Crippen molar-refractivity contribution in [3.05, 3.63) is 41.2 Å². The van der Waals surface area contributed by atoms with Crippen LogP contribution < -0.4 is 5.32 Å². The molecule has 1 saturated carbocycles. The Kier molecular flexibility index (Phi) is 4.48. The molecule has 1 N–H and O–H groups in total. The molecule has 1 atom stereocenters. The van der Waals surface area contributed by atoms with Crippen molar-refractivity contribution in [2.75, 3.05) is 18.4 Å². The van der Waals surface area contributed by atoms with Gasteiger partial charge in [-0.05, 0) is 37.8 Å². The minimum atomic E-state index is -0.187. The van der Waals surface area contributed by atoms with Gasteiger partial charge in [0, 0.05) is 42.3 Å². The summed E-state index contributed by atoms with van der Waals surface area (Å²) in [5.74, 6) is 0.326. The van der Waals surface area contributed by atoms with Gasteiger partial charge in [0.2, 0.25) is 5.91 Å². The zero-order valence-electron chi connectivity index (χ0n) is 13.9. The van der Waals surface area contributed by atoms with Crippen molar-refractivity contribution in [3.63, 3.8) is 0 Å². The number of amides is 2. The van der Waals surface area contributed by atoms with E-state index in [0.29, 0.717) is 29.7 Å². The fraction of sp³-hybridized carbons (Fsp3) is 0.444. The monoisotopic (exact) mass is 356 g/mol. The molecule has 0 aromatic carbocycles. The highest BCUT2D eigenvalue weighted by Gasteiger charge is 2.30. The van der Waals surface area contributed by atoms with Crippen LogP contribution in [0.15, 0.2) is 29.9 Å². The average Bonchev–Trinajstić information content (AvgIpc) is 3.41. The lowest BCUT2D eigenvalue weighted by atomic mass is 9.96. The third-order valence-electron chi connectivity index (χ3n) is 4.75. The molecule has 3 heterocycles. The van der Waals surface area contributed by atoms with Crippen molar-refractivity contribution in [1.82, 2.24) is 14.9 Å². The topological polar surface area (TPSA) is 75.2 Å². The van der Waals surface area contributed by atoms with Crippen molar-refractivity contribution >= 4 is 28.3 Å². The smallest absolute Gasteiger partial charge is 0.253 e. The van der Waals surface area contributed by atoms with E-state index in [2.05, 4.69) is 15.3 Å². The lowest BCUT2D eigenvalue weighted by molar-refractivity contribution is -0.121. The number of rotatable bonds is 4. The highest BCUT2D eigenvalue weighted by molar-refractivity contribution is 7.13. The summed E-state index contributed by atoms with van der Waals surface area (Å²) in [6.45, 7) is 1.14. The van der Waals surface area contributed by atoms with Gasteiger partial charge in [-0.1, -0.05) is 0 Å². The normalized spacial score (nSPS) is 20.3. The summed E-state index contributed by atoms with van der Waals surface area (Å²) >= 11 is 1.48. The average molecular weight is 356 g/mol. The number of likely N-dealkylation sites (tertiary alicyclic amines) is 1. The van der Waals surface area contributed by atoms with E-state index in [9.17, 15) is 9.59 Å². The van der Waals surface area contributed by atoms with Gasteiger partial charge < -0.3 is 10.2 Å².